The van der Waals surface area contributed by atoms with Crippen molar-refractivity contribution in [3.8, 4) is 11.5 Å². The van der Waals surface area contributed by atoms with Gasteiger partial charge in [-0.3, -0.25) is 0 Å². The van der Waals surface area contributed by atoms with Crippen LogP contribution in [0.25, 0.3) is 32.9 Å². The SMILES string of the molecule is O=c1oc2cc(O)ccc2c2oc3c(O)cccc3c12. The number of fused-ring (bicyclic) bond motifs is 5. The summed E-state index contributed by atoms with van der Waals surface area (Å²) in [7, 11) is 0. The zero-order chi connectivity index (χ0) is 13.9. The summed E-state index contributed by atoms with van der Waals surface area (Å²) in [5, 5.41) is 20.6. The molecule has 98 valence electrons. The summed E-state index contributed by atoms with van der Waals surface area (Å²) in [6, 6.07) is 9.24. The van der Waals surface area contributed by atoms with Crippen LogP contribution in [0.3, 0.4) is 0 Å². The van der Waals surface area contributed by atoms with Crippen molar-refractivity contribution in [2.45, 2.75) is 0 Å². The molecule has 0 aliphatic heterocycles. The first-order chi connectivity index (χ1) is 9.65. The van der Waals surface area contributed by atoms with Gasteiger partial charge in [0.15, 0.2) is 16.9 Å². The van der Waals surface area contributed by atoms with Gasteiger partial charge in [0.1, 0.15) is 16.7 Å². The van der Waals surface area contributed by atoms with Gasteiger partial charge in [0, 0.05) is 11.5 Å². The van der Waals surface area contributed by atoms with Crippen molar-refractivity contribution < 1.29 is 19.0 Å². The highest BCUT2D eigenvalue weighted by molar-refractivity contribution is 6.13. The number of furan rings is 1. The van der Waals surface area contributed by atoms with E-state index in [1.807, 2.05) is 0 Å². The van der Waals surface area contributed by atoms with Gasteiger partial charge >= 0.3 is 5.63 Å². The summed E-state index contributed by atoms with van der Waals surface area (Å²) < 4.78 is 10.8. The molecule has 4 rings (SSSR count). The predicted octanol–water partition coefficient (Wildman–Crippen LogP) is 3.10. The maximum atomic E-state index is 12.1. The van der Waals surface area contributed by atoms with Crippen molar-refractivity contribution in [3.05, 3.63) is 46.8 Å². The Morgan fingerprint density at radius 2 is 1.75 bits per heavy atom. The zero-order valence-electron chi connectivity index (χ0n) is 10.1. The van der Waals surface area contributed by atoms with Gasteiger partial charge in [0.25, 0.3) is 0 Å². The minimum Gasteiger partial charge on any atom is -0.508 e. The van der Waals surface area contributed by atoms with E-state index in [0.29, 0.717) is 16.4 Å². The average molecular weight is 268 g/mol. The summed E-state index contributed by atoms with van der Waals surface area (Å²) >= 11 is 0. The lowest BCUT2D eigenvalue weighted by Crippen LogP contribution is -1.97. The van der Waals surface area contributed by atoms with Gasteiger partial charge in [0.2, 0.25) is 0 Å². The molecule has 0 spiro atoms. The molecule has 2 aromatic heterocycles. The number of benzene rings is 2. The molecule has 0 aliphatic rings. The molecule has 2 aromatic carbocycles. The lowest BCUT2D eigenvalue weighted by atomic mass is 10.1. The van der Waals surface area contributed by atoms with E-state index < -0.39 is 5.63 Å². The molecule has 0 bridgehead atoms. The van der Waals surface area contributed by atoms with Crippen molar-refractivity contribution in [2.24, 2.45) is 0 Å². The van der Waals surface area contributed by atoms with Crippen LogP contribution in [0.5, 0.6) is 11.5 Å². The third kappa shape index (κ3) is 1.29. The van der Waals surface area contributed by atoms with Crippen molar-refractivity contribution in [1.29, 1.82) is 0 Å². The Balaban J connectivity index is 2.36. The average Bonchev–Trinajstić information content (AvgIpc) is 2.80. The molecule has 0 fully saturated rings. The van der Waals surface area contributed by atoms with Crippen molar-refractivity contribution in [3.63, 3.8) is 0 Å². The molecule has 5 heteroatoms. The van der Waals surface area contributed by atoms with Crippen LogP contribution in [0.4, 0.5) is 0 Å². The Morgan fingerprint density at radius 1 is 0.900 bits per heavy atom. The van der Waals surface area contributed by atoms with Crippen molar-refractivity contribution in [2.75, 3.05) is 0 Å². The van der Waals surface area contributed by atoms with Crippen LogP contribution in [0, 0.1) is 0 Å². The summed E-state index contributed by atoms with van der Waals surface area (Å²) in [6.45, 7) is 0. The molecule has 5 nitrogen and oxygen atoms in total. The molecule has 0 unspecified atom stereocenters. The molecular weight excluding hydrogens is 260 g/mol. The van der Waals surface area contributed by atoms with Gasteiger partial charge in [-0.05, 0) is 24.3 Å². The number of aromatic hydroxyl groups is 2. The Morgan fingerprint density at radius 3 is 2.60 bits per heavy atom. The monoisotopic (exact) mass is 268 g/mol. The molecule has 0 radical (unpaired) electrons. The molecule has 0 aliphatic carbocycles. The number of rotatable bonds is 0. The molecule has 0 saturated heterocycles. The first-order valence-corrected chi connectivity index (χ1v) is 5.95. The molecule has 20 heavy (non-hydrogen) atoms. The molecule has 0 amide bonds. The number of phenolic OH excluding ortho intramolecular Hbond substituents is 2. The summed E-state index contributed by atoms with van der Waals surface area (Å²) in [5.74, 6) is -0.0380. The topological polar surface area (TPSA) is 83.8 Å². The molecule has 2 N–H and O–H groups in total. The second-order valence-electron chi connectivity index (χ2n) is 4.53. The van der Waals surface area contributed by atoms with Crippen LogP contribution in [-0.2, 0) is 0 Å². The van der Waals surface area contributed by atoms with Crippen molar-refractivity contribution >= 4 is 32.9 Å². The maximum absolute atomic E-state index is 12.1. The smallest absolute Gasteiger partial charge is 0.348 e. The fourth-order valence-corrected chi connectivity index (χ4v) is 2.43. The van der Waals surface area contributed by atoms with Crippen LogP contribution in [0.15, 0.2) is 50.0 Å². The van der Waals surface area contributed by atoms with E-state index in [2.05, 4.69) is 0 Å². The van der Waals surface area contributed by atoms with E-state index >= 15 is 0 Å². The molecule has 4 aromatic rings. The van der Waals surface area contributed by atoms with Crippen LogP contribution in [0.2, 0.25) is 0 Å². The highest BCUT2D eigenvalue weighted by Crippen LogP contribution is 2.36. The zero-order valence-corrected chi connectivity index (χ0v) is 10.1. The predicted molar refractivity (Wildman–Crippen MR) is 73.1 cm³/mol. The Hall–Kier alpha value is -2.95. The third-order valence-corrected chi connectivity index (χ3v) is 3.31. The van der Waals surface area contributed by atoms with Crippen LogP contribution in [0.1, 0.15) is 0 Å². The van der Waals surface area contributed by atoms with E-state index in [1.54, 1.807) is 18.2 Å². The highest BCUT2D eigenvalue weighted by Gasteiger charge is 2.17. The number of hydrogen-bond donors (Lipinski definition) is 2. The van der Waals surface area contributed by atoms with Gasteiger partial charge in [-0.25, -0.2) is 4.79 Å². The fraction of sp³-hybridized carbons (Fsp3) is 0. The Labute approximate surface area is 111 Å². The fourth-order valence-electron chi connectivity index (χ4n) is 2.43. The van der Waals surface area contributed by atoms with Crippen LogP contribution < -0.4 is 5.63 Å². The molecular formula is C15H8O5. The van der Waals surface area contributed by atoms with E-state index in [0.717, 1.165) is 0 Å². The van der Waals surface area contributed by atoms with Gasteiger partial charge in [0.05, 0.1) is 5.39 Å². The normalized spacial score (nSPS) is 11.6. The van der Waals surface area contributed by atoms with Crippen molar-refractivity contribution in [1.82, 2.24) is 0 Å². The lowest BCUT2D eigenvalue weighted by Gasteiger charge is -1.97. The molecule has 0 atom stereocenters. The van der Waals surface area contributed by atoms with E-state index in [1.165, 1.54) is 18.2 Å². The number of phenols is 2. The Bertz CT molecular complexity index is 1040. The van der Waals surface area contributed by atoms with E-state index in [4.69, 9.17) is 8.83 Å². The van der Waals surface area contributed by atoms with Gasteiger partial charge < -0.3 is 19.0 Å². The van der Waals surface area contributed by atoms with Crippen LogP contribution >= 0.6 is 0 Å². The highest BCUT2D eigenvalue weighted by atomic mass is 16.4. The van der Waals surface area contributed by atoms with Gasteiger partial charge in [-0.1, -0.05) is 6.07 Å². The van der Waals surface area contributed by atoms with Crippen LogP contribution in [-0.4, -0.2) is 10.2 Å². The van der Waals surface area contributed by atoms with E-state index in [-0.39, 0.29) is 28.1 Å². The summed E-state index contributed by atoms with van der Waals surface area (Å²) in [4.78, 5) is 12.1. The minimum atomic E-state index is -0.567. The second-order valence-corrected chi connectivity index (χ2v) is 4.53. The molecule has 0 saturated carbocycles. The maximum Gasteiger partial charge on any atom is 0.348 e. The summed E-state index contributed by atoms with van der Waals surface area (Å²) in [5.41, 5.74) is 0.256. The standard InChI is InChI=1S/C15H8O5/c16-7-4-5-8-11(6-7)19-15(18)12-9-2-1-3-10(17)13(9)20-14(8)12/h1-6,16-17H. The van der Waals surface area contributed by atoms with E-state index in [9.17, 15) is 15.0 Å². The Kier molecular flexibility index (Phi) is 1.93. The van der Waals surface area contributed by atoms with Gasteiger partial charge in [-0.2, -0.15) is 0 Å². The first-order valence-electron chi connectivity index (χ1n) is 5.95. The number of hydrogen-bond acceptors (Lipinski definition) is 5. The largest absolute Gasteiger partial charge is 0.508 e. The number of para-hydroxylation sites is 1. The molecule has 2 heterocycles. The minimum absolute atomic E-state index is 0.000965. The third-order valence-electron chi connectivity index (χ3n) is 3.31. The quantitative estimate of drug-likeness (QED) is 0.479. The van der Waals surface area contributed by atoms with Gasteiger partial charge in [-0.15, -0.1) is 0 Å². The first kappa shape index (κ1) is 10.9. The lowest BCUT2D eigenvalue weighted by molar-refractivity contribution is 0.468. The summed E-state index contributed by atoms with van der Waals surface area (Å²) in [6.07, 6.45) is 0. The second kappa shape index (κ2) is 3.54.